The quantitative estimate of drug-likeness (QED) is 0.493. The molecule has 0 aromatic heterocycles. The summed E-state index contributed by atoms with van der Waals surface area (Å²) in [6, 6.07) is 0. The molecule has 0 N–H and O–H groups in total. The Morgan fingerprint density at radius 2 is 2.56 bits per heavy atom. The molecule has 1 radical (unpaired) electrons. The standard InChI is InChI=1S/C7H6NS/c1-3-8-5-7-6(1)2-4-9-7/h1-3,5H,4H2. The monoisotopic (exact) mass is 136 g/mol. The Balaban J connectivity index is 2.37. The molecule has 0 aromatic rings. The zero-order valence-corrected chi connectivity index (χ0v) is 5.69. The van der Waals surface area contributed by atoms with Crippen LogP contribution in [0.3, 0.4) is 0 Å². The molecular weight excluding hydrogens is 130 g/mol. The molecule has 1 nitrogen and oxygen atoms in total. The smallest absolute Gasteiger partial charge is 0.0409 e. The van der Waals surface area contributed by atoms with Crippen molar-refractivity contribution in [1.82, 2.24) is 5.32 Å². The van der Waals surface area contributed by atoms with Crippen molar-refractivity contribution in [3.05, 3.63) is 35.0 Å². The van der Waals surface area contributed by atoms with Crippen molar-refractivity contribution in [2.45, 2.75) is 0 Å². The normalized spacial score (nSPS) is 22.2. The minimum atomic E-state index is 1.11. The predicted molar refractivity (Wildman–Crippen MR) is 39.9 cm³/mol. The molecule has 0 bridgehead atoms. The molecule has 0 saturated heterocycles. The van der Waals surface area contributed by atoms with Crippen molar-refractivity contribution < 1.29 is 0 Å². The fraction of sp³-hybridized carbons (Fsp3) is 0.143. The van der Waals surface area contributed by atoms with Crippen LogP contribution in [0.25, 0.3) is 0 Å². The SMILES string of the molecule is C1=CC2=CCSC2=C[N]1. The second kappa shape index (κ2) is 1.95. The fourth-order valence-corrected chi connectivity index (χ4v) is 1.80. The first-order chi connectivity index (χ1) is 4.47. The average molecular weight is 136 g/mol. The second-order valence-corrected chi connectivity index (χ2v) is 2.99. The highest BCUT2D eigenvalue weighted by molar-refractivity contribution is 8.03. The lowest BCUT2D eigenvalue weighted by Crippen LogP contribution is -1.91. The maximum absolute atomic E-state index is 4.02. The van der Waals surface area contributed by atoms with Gasteiger partial charge in [0.05, 0.1) is 0 Å². The van der Waals surface area contributed by atoms with Gasteiger partial charge in [-0.05, 0) is 11.6 Å². The fourth-order valence-electron chi connectivity index (χ4n) is 0.901. The third-order valence-electron chi connectivity index (χ3n) is 1.36. The summed E-state index contributed by atoms with van der Waals surface area (Å²) >= 11 is 1.85. The lowest BCUT2D eigenvalue weighted by molar-refractivity contribution is 1.14. The largest absolute Gasteiger partial charge is 0.264 e. The van der Waals surface area contributed by atoms with Crippen molar-refractivity contribution in [3.8, 4) is 0 Å². The molecule has 2 heteroatoms. The van der Waals surface area contributed by atoms with Crippen LogP contribution in [0.5, 0.6) is 0 Å². The van der Waals surface area contributed by atoms with Crippen LogP contribution in [0, 0.1) is 0 Å². The molecule has 0 unspecified atom stereocenters. The second-order valence-electron chi connectivity index (χ2n) is 1.93. The van der Waals surface area contributed by atoms with Gasteiger partial charge in [-0.3, -0.25) is 5.32 Å². The summed E-state index contributed by atoms with van der Waals surface area (Å²) in [5, 5.41) is 4.02. The number of fused-ring (bicyclic) bond motifs is 1. The molecule has 0 aromatic carbocycles. The number of hydrogen-bond acceptors (Lipinski definition) is 1. The number of nitrogens with zero attached hydrogens (tertiary/aromatic N) is 1. The molecule has 2 aliphatic heterocycles. The number of rotatable bonds is 0. The Morgan fingerprint density at radius 1 is 1.56 bits per heavy atom. The van der Waals surface area contributed by atoms with Crippen molar-refractivity contribution in [3.63, 3.8) is 0 Å². The van der Waals surface area contributed by atoms with Crippen molar-refractivity contribution in [2.24, 2.45) is 0 Å². The molecule has 0 aliphatic carbocycles. The van der Waals surface area contributed by atoms with Crippen LogP contribution >= 0.6 is 11.8 Å². The maximum Gasteiger partial charge on any atom is 0.0409 e. The van der Waals surface area contributed by atoms with Gasteiger partial charge in [0.15, 0.2) is 0 Å². The van der Waals surface area contributed by atoms with E-state index < -0.39 is 0 Å². The Labute approximate surface area is 58.5 Å². The molecule has 45 valence electrons. The summed E-state index contributed by atoms with van der Waals surface area (Å²) < 4.78 is 0. The van der Waals surface area contributed by atoms with E-state index in [4.69, 9.17) is 0 Å². The van der Waals surface area contributed by atoms with E-state index in [9.17, 15) is 0 Å². The van der Waals surface area contributed by atoms with Crippen LogP contribution < -0.4 is 5.32 Å². The van der Waals surface area contributed by atoms with Gasteiger partial charge in [-0.1, -0.05) is 6.08 Å². The van der Waals surface area contributed by atoms with Gasteiger partial charge in [0.1, 0.15) is 0 Å². The molecule has 0 spiro atoms. The van der Waals surface area contributed by atoms with E-state index in [1.54, 1.807) is 0 Å². The zero-order chi connectivity index (χ0) is 6.10. The highest BCUT2D eigenvalue weighted by Gasteiger charge is 2.10. The topological polar surface area (TPSA) is 14.1 Å². The molecule has 0 saturated carbocycles. The van der Waals surface area contributed by atoms with E-state index in [0.717, 1.165) is 5.75 Å². The van der Waals surface area contributed by atoms with E-state index in [1.807, 2.05) is 24.2 Å². The predicted octanol–water partition coefficient (Wildman–Crippen LogP) is 1.63. The minimum absolute atomic E-state index is 1.11. The molecular formula is C7H6NS. The summed E-state index contributed by atoms with van der Waals surface area (Å²) in [6.45, 7) is 0. The summed E-state index contributed by atoms with van der Waals surface area (Å²) in [4.78, 5) is 1.32. The van der Waals surface area contributed by atoms with Crippen LogP contribution in [0.1, 0.15) is 0 Å². The molecule has 2 heterocycles. The van der Waals surface area contributed by atoms with Gasteiger partial charge < -0.3 is 0 Å². The molecule has 2 aliphatic rings. The zero-order valence-electron chi connectivity index (χ0n) is 4.87. The first kappa shape index (κ1) is 5.18. The van der Waals surface area contributed by atoms with Crippen molar-refractivity contribution >= 4 is 11.8 Å². The lowest BCUT2D eigenvalue weighted by atomic mass is 10.2. The van der Waals surface area contributed by atoms with Crippen LogP contribution in [-0.2, 0) is 0 Å². The first-order valence-corrected chi connectivity index (χ1v) is 3.85. The van der Waals surface area contributed by atoms with Gasteiger partial charge in [-0.2, -0.15) is 0 Å². The van der Waals surface area contributed by atoms with E-state index in [2.05, 4.69) is 17.5 Å². The lowest BCUT2D eigenvalue weighted by Gasteiger charge is -2.01. The summed E-state index contributed by atoms with van der Waals surface area (Å²) in [5.74, 6) is 1.11. The molecule has 9 heavy (non-hydrogen) atoms. The van der Waals surface area contributed by atoms with Crippen LogP contribution in [0.15, 0.2) is 35.0 Å². The third kappa shape index (κ3) is 0.793. The van der Waals surface area contributed by atoms with Gasteiger partial charge >= 0.3 is 0 Å². The van der Waals surface area contributed by atoms with Crippen molar-refractivity contribution in [1.29, 1.82) is 0 Å². The molecule has 2 rings (SSSR count). The van der Waals surface area contributed by atoms with Gasteiger partial charge in [-0.15, -0.1) is 11.8 Å². The highest BCUT2D eigenvalue weighted by atomic mass is 32.2. The third-order valence-corrected chi connectivity index (χ3v) is 2.34. The van der Waals surface area contributed by atoms with E-state index in [-0.39, 0.29) is 0 Å². The Morgan fingerprint density at radius 3 is 3.44 bits per heavy atom. The number of hydrogen-bond donors (Lipinski definition) is 0. The van der Waals surface area contributed by atoms with Crippen LogP contribution in [0.4, 0.5) is 0 Å². The first-order valence-electron chi connectivity index (χ1n) is 2.87. The van der Waals surface area contributed by atoms with Crippen LogP contribution in [0.2, 0.25) is 0 Å². The van der Waals surface area contributed by atoms with E-state index in [1.165, 1.54) is 10.5 Å². The van der Waals surface area contributed by atoms with E-state index >= 15 is 0 Å². The van der Waals surface area contributed by atoms with Crippen molar-refractivity contribution in [2.75, 3.05) is 5.75 Å². The molecule has 0 atom stereocenters. The summed E-state index contributed by atoms with van der Waals surface area (Å²) in [5.41, 5.74) is 1.34. The van der Waals surface area contributed by atoms with Gasteiger partial charge in [0.2, 0.25) is 0 Å². The van der Waals surface area contributed by atoms with Gasteiger partial charge in [0.25, 0.3) is 0 Å². The maximum atomic E-state index is 4.02. The average Bonchev–Trinajstić information content (AvgIpc) is 2.33. The highest BCUT2D eigenvalue weighted by Crippen LogP contribution is 2.32. The van der Waals surface area contributed by atoms with Gasteiger partial charge in [0, 0.05) is 23.1 Å². The van der Waals surface area contributed by atoms with E-state index in [0.29, 0.717) is 0 Å². The summed E-state index contributed by atoms with van der Waals surface area (Å²) in [6.07, 6.45) is 8.03. The van der Waals surface area contributed by atoms with Crippen LogP contribution in [-0.4, -0.2) is 5.75 Å². The Bertz CT molecular complexity index is 213. The number of thioether (sulfide) groups is 1. The molecule has 0 fully saturated rings. The van der Waals surface area contributed by atoms with Gasteiger partial charge in [-0.25, -0.2) is 0 Å². The minimum Gasteiger partial charge on any atom is -0.264 e. The Hall–Kier alpha value is -0.630. The Kier molecular flexibility index (Phi) is 1.12. The number of allylic oxidation sites excluding steroid dienone is 2. The molecule has 0 amide bonds. The summed E-state index contributed by atoms with van der Waals surface area (Å²) in [7, 11) is 0.